The number of carbonyl (C=O) groups excluding carboxylic acids is 1. The highest BCUT2D eigenvalue weighted by Crippen LogP contribution is 2.28. The first-order chi connectivity index (χ1) is 11.8. The maximum atomic E-state index is 12.8. The van der Waals surface area contributed by atoms with E-state index in [1.165, 1.54) is 0 Å². The molecule has 1 unspecified atom stereocenters. The lowest BCUT2D eigenvalue weighted by molar-refractivity contribution is 0.0781. The van der Waals surface area contributed by atoms with Crippen molar-refractivity contribution in [1.29, 1.82) is 0 Å². The van der Waals surface area contributed by atoms with Crippen LogP contribution >= 0.6 is 23.2 Å². The van der Waals surface area contributed by atoms with Crippen LogP contribution in [0.15, 0.2) is 36.4 Å². The second kappa shape index (κ2) is 8.70. The molecule has 0 saturated carbocycles. The van der Waals surface area contributed by atoms with E-state index in [4.69, 9.17) is 23.2 Å². The third-order valence-electron chi connectivity index (χ3n) is 4.20. The Balaban J connectivity index is 2.20. The fraction of sp³-hybridized carbons (Fsp3) is 0.350. The predicted molar refractivity (Wildman–Crippen MR) is 104 cm³/mol. The summed E-state index contributed by atoms with van der Waals surface area (Å²) in [5, 5.41) is 10.4. The quantitative estimate of drug-likeness (QED) is 0.779. The van der Waals surface area contributed by atoms with Crippen LogP contribution in [-0.4, -0.2) is 36.1 Å². The number of aliphatic hydroxyl groups excluding tert-OH is 1. The van der Waals surface area contributed by atoms with Crippen LogP contribution in [0.5, 0.6) is 0 Å². The molecule has 0 aliphatic heterocycles. The minimum atomic E-state index is -0.0326. The van der Waals surface area contributed by atoms with Crippen LogP contribution in [0.25, 0.3) is 0 Å². The van der Waals surface area contributed by atoms with Gasteiger partial charge in [0.25, 0.3) is 5.91 Å². The maximum absolute atomic E-state index is 12.8. The van der Waals surface area contributed by atoms with Gasteiger partial charge < -0.3 is 10.0 Å². The normalized spacial score (nSPS) is 12.1. The van der Waals surface area contributed by atoms with Gasteiger partial charge in [-0.05, 0) is 50.1 Å². The van der Waals surface area contributed by atoms with Gasteiger partial charge in [0.05, 0.1) is 10.0 Å². The van der Waals surface area contributed by atoms with Crippen LogP contribution < -0.4 is 0 Å². The van der Waals surface area contributed by atoms with Gasteiger partial charge >= 0.3 is 0 Å². The summed E-state index contributed by atoms with van der Waals surface area (Å²) < 4.78 is 0. The summed E-state index contributed by atoms with van der Waals surface area (Å²) in [6.07, 6.45) is 0.544. The van der Waals surface area contributed by atoms with E-state index in [0.717, 1.165) is 16.7 Å². The second-order valence-electron chi connectivity index (χ2n) is 6.44. The van der Waals surface area contributed by atoms with Gasteiger partial charge in [-0.1, -0.05) is 46.5 Å². The summed E-state index contributed by atoms with van der Waals surface area (Å²) in [5.41, 5.74) is 3.77. The van der Waals surface area contributed by atoms with E-state index in [1.807, 2.05) is 38.1 Å². The lowest BCUT2D eigenvalue weighted by Crippen LogP contribution is -2.31. The van der Waals surface area contributed by atoms with E-state index >= 15 is 0 Å². The van der Waals surface area contributed by atoms with E-state index < -0.39 is 0 Å². The molecule has 5 heteroatoms. The van der Waals surface area contributed by atoms with Gasteiger partial charge in [0.15, 0.2) is 0 Å². The highest BCUT2D eigenvalue weighted by Gasteiger charge is 2.19. The van der Waals surface area contributed by atoms with Crippen molar-refractivity contribution in [2.24, 2.45) is 0 Å². The Hall–Kier alpha value is -1.55. The molecular formula is C20H23Cl2NO2. The highest BCUT2D eigenvalue weighted by atomic mass is 35.5. The average Bonchev–Trinajstić information content (AvgIpc) is 2.55. The van der Waals surface area contributed by atoms with Crippen LogP contribution in [0.4, 0.5) is 0 Å². The summed E-state index contributed by atoms with van der Waals surface area (Å²) in [6, 6.07) is 11.3. The zero-order valence-corrected chi connectivity index (χ0v) is 16.2. The van der Waals surface area contributed by atoms with Crippen molar-refractivity contribution in [2.45, 2.75) is 26.2 Å². The minimum absolute atomic E-state index is 0.0142. The lowest BCUT2D eigenvalue weighted by Gasteiger charge is -2.25. The van der Waals surface area contributed by atoms with E-state index in [1.54, 1.807) is 24.1 Å². The molecule has 0 radical (unpaired) electrons. The third kappa shape index (κ3) is 5.21. The number of hydrogen-bond acceptors (Lipinski definition) is 2. The molecule has 0 bridgehead atoms. The molecule has 134 valence electrons. The number of amides is 1. The molecule has 0 spiro atoms. The zero-order chi connectivity index (χ0) is 18.6. The number of likely N-dealkylation sites (N-methyl/N-ethyl adjacent to an activating group) is 1. The Kier molecular flexibility index (Phi) is 6.88. The van der Waals surface area contributed by atoms with Crippen molar-refractivity contribution in [3.8, 4) is 0 Å². The van der Waals surface area contributed by atoms with E-state index in [9.17, 15) is 9.90 Å². The Bertz CT molecular complexity index is 741. The maximum Gasteiger partial charge on any atom is 0.253 e. The number of halogens is 2. The SMILES string of the molecule is Cc1cc(C)cc(C(=O)N(C)CC(CCO)c2ccc(Cl)c(Cl)c2)c1. The topological polar surface area (TPSA) is 40.5 Å². The lowest BCUT2D eigenvalue weighted by atomic mass is 9.95. The van der Waals surface area contributed by atoms with Crippen molar-refractivity contribution in [3.05, 3.63) is 68.7 Å². The largest absolute Gasteiger partial charge is 0.396 e. The number of rotatable bonds is 6. The summed E-state index contributed by atoms with van der Waals surface area (Å²) >= 11 is 12.1. The molecule has 1 atom stereocenters. The molecule has 0 aliphatic carbocycles. The Morgan fingerprint density at radius 3 is 2.28 bits per heavy atom. The summed E-state index contributed by atoms with van der Waals surface area (Å²) in [5.74, 6) is -0.0468. The van der Waals surface area contributed by atoms with Gasteiger partial charge in [-0.2, -0.15) is 0 Å². The van der Waals surface area contributed by atoms with Crippen LogP contribution in [-0.2, 0) is 0 Å². The molecule has 2 aromatic carbocycles. The number of aryl methyl sites for hydroxylation is 2. The molecule has 3 nitrogen and oxygen atoms in total. The van der Waals surface area contributed by atoms with Crippen LogP contribution in [0, 0.1) is 13.8 Å². The van der Waals surface area contributed by atoms with E-state index in [0.29, 0.717) is 28.6 Å². The molecule has 1 amide bonds. The predicted octanol–water partition coefficient (Wildman–Crippen LogP) is 4.85. The first-order valence-electron chi connectivity index (χ1n) is 8.21. The van der Waals surface area contributed by atoms with Crippen LogP contribution in [0.2, 0.25) is 10.0 Å². The van der Waals surface area contributed by atoms with Crippen molar-refractivity contribution in [2.75, 3.05) is 20.2 Å². The number of nitrogens with zero attached hydrogens (tertiary/aromatic N) is 1. The standard InChI is InChI=1S/C20H23Cl2NO2/c1-13-8-14(2)10-17(9-13)20(25)23(3)12-16(6-7-24)15-4-5-18(21)19(22)11-15/h4-5,8-11,16,24H,6-7,12H2,1-3H3. The monoisotopic (exact) mass is 379 g/mol. The third-order valence-corrected chi connectivity index (χ3v) is 4.94. The number of aliphatic hydroxyl groups is 1. The smallest absolute Gasteiger partial charge is 0.253 e. The van der Waals surface area contributed by atoms with Crippen LogP contribution in [0.1, 0.15) is 39.4 Å². The van der Waals surface area contributed by atoms with Crippen molar-refractivity contribution >= 4 is 29.1 Å². The Morgan fingerprint density at radius 1 is 1.08 bits per heavy atom. The Morgan fingerprint density at radius 2 is 1.72 bits per heavy atom. The minimum Gasteiger partial charge on any atom is -0.396 e. The van der Waals surface area contributed by atoms with Crippen molar-refractivity contribution < 1.29 is 9.90 Å². The summed E-state index contributed by atoms with van der Waals surface area (Å²) in [6.45, 7) is 4.49. The van der Waals surface area contributed by atoms with Crippen LogP contribution in [0.3, 0.4) is 0 Å². The number of hydrogen-bond donors (Lipinski definition) is 1. The number of carbonyl (C=O) groups is 1. The Labute approximate surface area is 159 Å². The van der Waals surface area contributed by atoms with Gasteiger partial charge in [-0.15, -0.1) is 0 Å². The fourth-order valence-corrected chi connectivity index (χ4v) is 3.32. The molecule has 2 rings (SSSR count). The highest BCUT2D eigenvalue weighted by molar-refractivity contribution is 6.42. The van der Waals surface area contributed by atoms with Gasteiger partial charge in [0, 0.05) is 31.7 Å². The van der Waals surface area contributed by atoms with Gasteiger partial charge in [0.2, 0.25) is 0 Å². The van der Waals surface area contributed by atoms with Gasteiger partial charge in [0.1, 0.15) is 0 Å². The molecule has 0 aliphatic rings. The molecule has 0 saturated heterocycles. The molecular weight excluding hydrogens is 357 g/mol. The number of benzene rings is 2. The molecule has 1 N–H and O–H groups in total. The molecule has 0 heterocycles. The van der Waals surface area contributed by atoms with Gasteiger partial charge in [-0.3, -0.25) is 4.79 Å². The molecule has 2 aromatic rings. The first kappa shape index (κ1) is 19.8. The van der Waals surface area contributed by atoms with E-state index in [2.05, 4.69) is 0 Å². The summed E-state index contributed by atoms with van der Waals surface area (Å²) in [4.78, 5) is 14.4. The molecule has 0 fully saturated rings. The van der Waals surface area contributed by atoms with E-state index in [-0.39, 0.29) is 18.4 Å². The second-order valence-corrected chi connectivity index (χ2v) is 7.26. The van der Waals surface area contributed by atoms with Crippen molar-refractivity contribution in [1.82, 2.24) is 4.90 Å². The molecule has 25 heavy (non-hydrogen) atoms. The first-order valence-corrected chi connectivity index (χ1v) is 8.97. The summed E-state index contributed by atoms with van der Waals surface area (Å²) in [7, 11) is 1.78. The average molecular weight is 380 g/mol. The van der Waals surface area contributed by atoms with Gasteiger partial charge in [-0.25, -0.2) is 0 Å². The molecule has 0 aromatic heterocycles. The van der Waals surface area contributed by atoms with Crippen molar-refractivity contribution in [3.63, 3.8) is 0 Å². The zero-order valence-electron chi connectivity index (χ0n) is 14.7. The fourth-order valence-electron chi connectivity index (χ4n) is 3.02.